The number of hydrogen-bond donors (Lipinski definition) is 0. The average molecular weight is 434 g/mol. The van der Waals surface area contributed by atoms with Crippen molar-refractivity contribution < 1.29 is 13.9 Å². The number of carbonyl (C=O) groups excluding carboxylic acids is 1. The number of rotatable bonds is 9. The third-order valence-electron chi connectivity index (χ3n) is 5.39. The van der Waals surface area contributed by atoms with Crippen LogP contribution in [0.5, 0.6) is 5.06 Å². The summed E-state index contributed by atoms with van der Waals surface area (Å²) < 4.78 is 12.2. The highest BCUT2D eigenvalue weighted by Gasteiger charge is 2.21. The maximum atomic E-state index is 11.8. The predicted molar refractivity (Wildman–Crippen MR) is 122 cm³/mol. The van der Waals surface area contributed by atoms with Crippen molar-refractivity contribution in [2.24, 2.45) is 0 Å². The van der Waals surface area contributed by atoms with Gasteiger partial charge in [0.25, 0.3) is 0 Å². The second kappa shape index (κ2) is 10.3. The summed E-state index contributed by atoms with van der Waals surface area (Å²) in [5.41, 5.74) is 2.87. The summed E-state index contributed by atoms with van der Waals surface area (Å²) in [7, 11) is 0. The third-order valence-corrected chi connectivity index (χ3v) is 6.36. The number of para-hydroxylation sites is 1. The fourth-order valence-electron chi connectivity index (χ4n) is 3.92. The van der Waals surface area contributed by atoms with Crippen molar-refractivity contribution in [1.29, 1.82) is 0 Å². The Balaban J connectivity index is 0.00000240. The van der Waals surface area contributed by atoms with Crippen molar-refractivity contribution in [2.45, 2.75) is 39.0 Å². The lowest BCUT2D eigenvalue weighted by molar-refractivity contribution is 0.112. The van der Waals surface area contributed by atoms with Gasteiger partial charge in [0, 0.05) is 35.5 Å². The van der Waals surface area contributed by atoms with Crippen LogP contribution in [0.15, 0.2) is 34.7 Å². The van der Waals surface area contributed by atoms with Gasteiger partial charge in [-0.05, 0) is 38.4 Å². The number of fused-ring (bicyclic) bond motifs is 1. The Kier molecular flexibility index (Phi) is 7.76. The zero-order valence-electron chi connectivity index (χ0n) is 16.8. The van der Waals surface area contributed by atoms with E-state index in [9.17, 15) is 4.79 Å². The number of aryl methyl sites for hydroxylation is 1. The van der Waals surface area contributed by atoms with Gasteiger partial charge in [0.2, 0.25) is 0 Å². The second-order valence-electron chi connectivity index (χ2n) is 7.36. The van der Waals surface area contributed by atoms with E-state index in [1.165, 1.54) is 37.3 Å². The summed E-state index contributed by atoms with van der Waals surface area (Å²) in [6, 6.07) is 10.1. The quantitative estimate of drug-likeness (QED) is 0.376. The molecule has 1 saturated heterocycles. The van der Waals surface area contributed by atoms with Crippen LogP contribution in [0, 0.1) is 0 Å². The van der Waals surface area contributed by atoms with E-state index in [1.807, 2.05) is 24.3 Å². The molecule has 2 aromatic heterocycles. The van der Waals surface area contributed by atoms with Gasteiger partial charge in [0.05, 0.1) is 4.88 Å². The van der Waals surface area contributed by atoms with Crippen molar-refractivity contribution in [1.82, 2.24) is 4.90 Å². The Morgan fingerprint density at radius 2 is 2.03 bits per heavy atom. The molecular weight excluding hydrogens is 406 g/mol. The highest BCUT2D eigenvalue weighted by Crippen LogP contribution is 2.42. The van der Waals surface area contributed by atoms with E-state index in [0.29, 0.717) is 11.5 Å². The minimum Gasteiger partial charge on any atom is -0.483 e. The van der Waals surface area contributed by atoms with E-state index in [-0.39, 0.29) is 12.4 Å². The van der Waals surface area contributed by atoms with Gasteiger partial charge in [0.1, 0.15) is 18.0 Å². The van der Waals surface area contributed by atoms with E-state index in [1.54, 1.807) is 0 Å². The van der Waals surface area contributed by atoms with Crippen LogP contribution in [0.25, 0.3) is 22.1 Å². The van der Waals surface area contributed by atoms with Crippen molar-refractivity contribution in [3.63, 3.8) is 0 Å². The Morgan fingerprint density at radius 1 is 1.24 bits per heavy atom. The molecule has 156 valence electrons. The number of nitrogens with zero attached hydrogens (tertiary/aromatic N) is 1. The normalized spacial score (nSPS) is 14.2. The first-order valence-corrected chi connectivity index (χ1v) is 11.1. The maximum Gasteiger partial charge on any atom is 0.175 e. The maximum absolute atomic E-state index is 11.8. The van der Waals surface area contributed by atoms with Gasteiger partial charge in [-0.2, -0.15) is 0 Å². The molecule has 3 heterocycles. The summed E-state index contributed by atoms with van der Waals surface area (Å²) in [4.78, 5) is 14.9. The summed E-state index contributed by atoms with van der Waals surface area (Å²) in [6.07, 6.45) is 6.55. The molecule has 3 aromatic rings. The fraction of sp³-hybridized carbons (Fsp3) is 0.435. The standard InChI is InChI=1S/C23H27NO3S.ClH/c1-2-3-9-20-23(17-8-4-5-10-19(17)27-20)18-15-22(28-21(18)16-25)26-14-13-24-11-6-7-12-24;/h4-5,8,10,15-16H,2-3,6-7,9,11-14H2,1H3;1H. The molecule has 4 rings (SSSR count). The first kappa shape index (κ1) is 21.9. The number of carbonyl (C=O) groups is 1. The minimum absolute atomic E-state index is 0. The molecule has 0 saturated carbocycles. The molecule has 4 nitrogen and oxygen atoms in total. The minimum atomic E-state index is 0. The molecule has 0 atom stereocenters. The average Bonchev–Trinajstić information content (AvgIpc) is 3.44. The van der Waals surface area contributed by atoms with Crippen LogP contribution in [0.1, 0.15) is 48.0 Å². The highest BCUT2D eigenvalue weighted by atomic mass is 35.5. The monoisotopic (exact) mass is 433 g/mol. The van der Waals surface area contributed by atoms with E-state index in [4.69, 9.17) is 9.15 Å². The van der Waals surface area contributed by atoms with Crippen LogP contribution in [-0.2, 0) is 6.42 Å². The smallest absolute Gasteiger partial charge is 0.175 e. The van der Waals surface area contributed by atoms with Crippen LogP contribution in [0.2, 0.25) is 0 Å². The van der Waals surface area contributed by atoms with Gasteiger partial charge >= 0.3 is 0 Å². The topological polar surface area (TPSA) is 42.7 Å². The molecule has 6 heteroatoms. The lowest BCUT2D eigenvalue weighted by atomic mass is 10.0. The second-order valence-corrected chi connectivity index (χ2v) is 8.40. The van der Waals surface area contributed by atoms with Gasteiger partial charge in [-0.1, -0.05) is 42.9 Å². The number of ether oxygens (including phenoxy) is 1. The molecular formula is C23H28ClNO3S. The lowest BCUT2D eigenvalue weighted by Gasteiger charge is -2.13. The number of likely N-dealkylation sites (tertiary alicyclic amines) is 1. The molecule has 0 N–H and O–H groups in total. The summed E-state index contributed by atoms with van der Waals surface area (Å²) in [6.45, 7) is 6.12. The molecule has 0 bridgehead atoms. The molecule has 1 fully saturated rings. The van der Waals surface area contributed by atoms with Crippen LogP contribution >= 0.6 is 23.7 Å². The van der Waals surface area contributed by atoms with Gasteiger partial charge in [0.15, 0.2) is 11.3 Å². The van der Waals surface area contributed by atoms with Crippen LogP contribution in [-0.4, -0.2) is 37.4 Å². The first-order chi connectivity index (χ1) is 13.8. The molecule has 1 aromatic carbocycles. The van der Waals surface area contributed by atoms with Crippen LogP contribution in [0.4, 0.5) is 0 Å². The molecule has 0 aliphatic carbocycles. The van der Waals surface area contributed by atoms with Gasteiger partial charge < -0.3 is 9.15 Å². The Morgan fingerprint density at radius 3 is 2.79 bits per heavy atom. The number of aldehydes is 1. The van der Waals surface area contributed by atoms with Gasteiger partial charge in [-0.15, -0.1) is 12.4 Å². The zero-order chi connectivity index (χ0) is 19.3. The number of furan rings is 1. The number of benzene rings is 1. The predicted octanol–water partition coefficient (Wildman–Crippen LogP) is 6.21. The first-order valence-electron chi connectivity index (χ1n) is 10.2. The van der Waals surface area contributed by atoms with Crippen molar-refractivity contribution >= 4 is 41.0 Å². The van der Waals surface area contributed by atoms with E-state index < -0.39 is 0 Å². The zero-order valence-corrected chi connectivity index (χ0v) is 18.4. The molecule has 0 unspecified atom stereocenters. The van der Waals surface area contributed by atoms with Crippen LogP contribution in [0.3, 0.4) is 0 Å². The van der Waals surface area contributed by atoms with Crippen molar-refractivity contribution in [3.8, 4) is 16.2 Å². The number of hydrogen-bond acceptors (Lipinski definition) is 5. The number of halogens is 1. The molecule has 0 radical (unpaired) electrons. The third kappa shape index (κ3) is 4.85. The SMILES string of the molecule is CCCCc1oc2ccccc2c1-c1cc(OCCN2CCCC2)sc1C=O.Cl. The van der Waals surface area contributed by atoms with Gasteiger partial charge in [-0.3, -0.25) is 9.69 Å². The summed E-state index contributed by atoms with van der Waals surface area (Å²) >= 11 is 1.43. The van der Waals surface area contributed by atoms with Crippen molar-refractivity contribution in [3.05, 3.63) is 41.0 Å². The fourth-order valence-corrected chi connectivity index (χ4v) is 4.78. The highest BCUT2D eigenvalue weighted by molar-refractivity contribution is 7.16. The Labute approximate surface area is 182 Å². The largest absolute Gasteiger partial charge is 0.483 e. The van der Waals surface area contributed by atoms with E-state index in [2.05, 4.69) is 17.9 Å². The molecule has 0 spiro atoms. The Hall–Kier alpha value is -1.82. The van der Waals surface area contributed by atoms with E-state index >= 15 is 0 Å². The summed E-state index contributed by atoms with van der Waals surface area (Å²) in [5.74, 6) is 0.965. The molecule has 0 amide bonds. The summed E-state index contributed by atoms with van der Waals surface area (Å²) in [5, 5.41) is 1.88. The molecule has 1 aliphatic rings. The lowest BCUT2D eigenvalue weighted by Crippen LogP contribution is -2.24. The van der Waals surface area contributed by atoms with Crippen LogP contribution < -0.4 is 4.74 Å². The number of thiophene rings is 1. The Bertz CT molecular complexity index is 943. The van der Waals surface area contributed by atoms with Gasteiger partial charge in [-0.25, -0.2) is 0 Å². The number of unbranched alkanes of at least 4 members (excludes halogenated alkanes) is 1. The van der Waals surface area contributed by atoms with E-state index in [0.717, 1.165) is 65.0 Å². The molecule has 1 aliphatic heterocycles. The molecule has 29 heavy (non-hydrogen) atoms. The van der Waals surface area contributed by atoms with Crippen molar-refractivity contribution in [2.75, 3.05) is 26.2 Å².